The van der Waals surface area contributed by atoms with Gasteiger partial charge in [-0.05, 0) is 19.8 Å². The zero-order chi connectivity index (χ0) is 14.3. The van der Waals surface area contributed by atoms with Gasteiger partial charge in [-0.2, -0.15) is 0 Å². The zero-order valence-corrected chi connectivity index (χ0v) is 11.1. The normalized spacial score (nSPS) is 27.8. The Morgan fingerprint density at radius 1 is 1.50 bits per heavy atom. The van der Waals surface area contributed by atoms with Crippen molar-refractivity contribution >= 4 is 17.8 Å². The molecule has 0 aromatic carbocycles. The second-order valence-electron chi connectivity index (χ2n) is 5.61. The summed E-state index contributed by atoms with van der Waals surface area (Å²) in [6, 6.07) is 0. The molecular formula is C12H19NO5. The number of carbonyl (C=O) groups excluding carboxylic acids is 2. The van der Waals surface area contributed by atoms with Crippen LogP contribution in [0.4, 0.5) is 0 Å². The molecular weight excluding hydrogens is 238 g/mol. The number of carboxylic acids is 1. The maximum Gasteiger partial charge on any atom is 0.337 e. The molecule has 0 aliphatic carbocycles. The lowest BCUT2D eigenvalue weighted by atomic mass is 9.78. The highest BCUT2D eigenvalue weighted by atomic mass is 16.4. The molecule has 1 rings (SSSR count). The first-order chi connectivity index (χ1) is 8.02. The van der Waals surface area contributed by atoms with Crippen molar-refractivity contribution in [2.75, 3.05) is 6.54 Å². The van der Waals surface area contributed by atoms with E-state index in [0.29, 0.717) is 0 Å². The van der Waals surface area contributed by atoms with E-state index in [1.54, 1.807) is 6.92 Å². The smallest absolute Gasteiger partial charge is 0.337 e. The molecule has 102 valence electrons. The van der Waals surface area contributed by atoms with Crippen LogP contribution in [0.2, 0.25) is 0 Å². The van der Waals surface area contributed by atoms with Gasteiger partial charge in [0.15, 0.2) is 5.60 Å². The summed E-state index contributed by atoms with van der Waals surface area (Å²) in [5.74, 6) is -2.34. The molecule has 1 saturated heterocycles. The molecule has 0 bridgehead atoms. The summed E-state index contributed by atoms with van der Waals surface area (Å²) in [4.78, 5) is 35.7. The molecule has 0 radical (unpaired) electrons. The second-order valence-corrected chi connectivity index (χ2v) is 5.61. The van der Waals surface area contributed by atoms with Crippen molar-refractivity contribution in [3.63, 3.8) is 0 Å². The number of carboxylic acid groups (broad SMARTS) is 1. The highest BCUT2D eigenvalue weighted by molar-refractivity contribution is 6.06. The minimum absolute atomic E-state index is 0.0336. The molecule has 1 aliphatic heterocycles. The molecule has 0 aromatic heterocycles. The molecule has 0 saturated carbocycles. The maximum absolute atomic E-state index is 12.2. The van der Waals surface area contributed by atoms with Crippen molar-refractivity contribution in [1.82, 2.24) is 4.90 Å². The molecule has 6 heteroatoms. The van der Waals surface area contributed by atoms with Gasteiger partial charge < -0.3 is 10.2 Å². The van der Waals surface area contributed by atoms with Crippen LogP contribution < -0.4 is 0 Å². The SMILES string of the molecule is CC(C)C1(C)CC(=O)N(CC(C)(O)C(=O)O)C1=O. The fourth-order valence-electron chi connectivity index (χ4n) is 1.89. The average molecular weight is 257 g/mol. The van der Waals surface area contributed by atoms with Crippen molar-refractivity contribution in [2.45, 2.75) is 39.7 Å². The van der Waals surface area contributed by atoms with Crippen molar-refractivity contribution in [1.29, 1.82) is 0 Å². The van der Waals surface area contributed by atoms with E-state index in [1.807, 2.05) is 13.8 Å². The fourth-order valence-corrected chi connectivity index (χ4v) is 1.89. The molecule has 2 N–H and O–H groups in total. The van der Waals surface area contributed by atoms with Crippen LogP contribution >= 0.6 is 0 Å². The van der Waals surface area contributed by atoms with Crippen LogP contribution in [0.5, 0.6) is 0 Å². The van der Waals surface area contributed by atoms with Crippen LogP contribution in [-0.2, 0) is 14.4 Å². The van der Waals surface area contributed by atoms with Gasteiger partial charge in [0.05, 0.1) is 12.0 Å². The Labute approximate surface area is 106 Å². The van der Waals surface area contributed by atoms with Gasteiger partial charge in [0, 0.05) is 6.42 Å². The Hall–Kier alpha value is -1.43. The lowest BCUT2D eigenvalue weighted by Gasteiger charge is -2.28. The van der Waals surface area contributed by atoms with E-state index in [0.717, 1.165) is 11.8 Å². The number of likely N-dealkylation sites (tertiary alicyclic amines) is 1. The van der Waals surface area contributed by atoms with Crippen molar-refractivity contribution in [3.8, 4) is 0 Å². The number of hydrogen-bond donors (Lipinski definition) is 2. The number of rotatable bonds is 4. The summed E-state index contributed by atoms with van der Waals surface area (Å²) in [5, 5.41) is 18.5. The van der Waals surface area contributed by atoms with E-state index in [4.69, 9.17) is 5.11 Å². The monoisotopic (exact) mass is 257 g/mol. The predicted octanol–water partition coefficient (Wildman–Crippen LogP) is 0.243. The first-order valence-corrected chi connectivity index (χ1v) is 5.83. The third kappa shape index (κ3) is 2.25. The van der Waals surface area contributed by atoms with E-state index >= 15 is 0 Å². The van der Waals surface area contributed by atoms with Gasteiger partial charge in [0.1, 0.15) is 0 Å². The van der Waals surface area contributed by atoms with Crippen LogP contribution in [0.15, 0.2) is 0 Å². The Kier molecular flexibility index (Phi) is 3.53. The van der Waals surface area contributed by atoms with Crippen molar-refractivity contribution in [2.24, 2.45) is 11.3 Å². The molecule has 2 unspecified atom stereocenters. The first-order valence-electron chi connectivity index (χ1n) is 5.83. The zero-order valence-electron chi connectivity index (χ0n) is 11.1. The minimum Gasteiger partial charge on any atom is -0.479 e. The molecule has 2 atom stereocenters. The van der Waals surface area contributed by atoms with Gasteiger partial charge in [-0.25, -0.2) is 4.79 Å². The summed E-state index contributed by atoms with van der Waals surface area (Å²) in [5.41, 5.74) is -2.93. The van der Waals surface area contributed by atoms with Gasteiger partial charge in [0.2, 0.25) is 11.8 Å². The van der Waals surface area contributed by atoms with E-state index in [9.17, 15) is 19.5 Å². The number of aliphatic carboxylic acids is 1. The minimum atomic E-state index is -2.12. The summed E-state index contributed by atoms with van der Waals surface area (Å²) in [7, 11) is 0. The van der Waals surface area contributed by atoms with Gasteiger partial charge in [-0.15, -0.1) is 0 Å². The van der Waals surface area contributed by atoms with E-state index in [1.165, 1.54) is 0 Å². The third-order valence-electron chi connectivity index (χ3n) is 3.75. The van der Waals surface area contributed by atoms with Gasteiger partial charge in [-0.1, -0.05) is 13.8 Å². The highest BCUT2D eigenvalue weighted by Gasteiger charge is 2.52. The predicted molar refractivity (Wildman–Crippen MR) is 62.5 cm³/mol. The summed E-state index contributed by atoms with van der Waals surface area (Å²) >= 11 is 0. The Morgan fingerprint density at radius 3 is 2.33 bits per heavy atom. The molecule has 18 heavy (non-hydrogen) atoms. The first kappa shape index (κ1) is 14.6. The number of carbonyl (C=O) groups is 3. The molecule has 1 fully saturated rings. The molecule has 0 aromatic rings. The van der Waals surface area contributed by atoms with Crippen LogP contribution in [0, 0.1) is 11.3 Å². The van der Waals surface area contributed by atoms with Gasteiger partial charge >= 0.3 is 5.97 Å². The Morgan fingerprint density at radius 2 is 2.00 bits per heavy atom. The Balaban J connectivity index is 2.97. The number of aliphatic hydroxyl groups is 1. The average Bonchev–Trinajstić information content (AvgIpc) is 2.43. The third-order valence-corrected chi connectivity index (χ3v) is 3.75. The van der Waals surface area contributed by atoms with E-state index in [-0.39, 0.29) is 12.3 Å². The summed E-state index contributed by atoms with van der Waals surface area (Å²) in [6.45, 7) is 5.92. The molecule has 6 nitrogen and oxygen atoms in total. The number of amides is 2. The molecule has 2 amide bonds. The van der Waals surface area contributed by atoms with Gasteiger partial charge in [0.25, 0.3) is 0 Å². The van der Waals surface area contributed by atoms with Crippen LogP contribution in [-0.4, -0.2) is 45.0 Å². The lowest BCUT2D eigenvalue weighted by molar-refractivity contribution is -0.161. The lowest BCUT2D eigenvalue weighted by Crippen LogP contribution is -2.49. The number of imide groups is 1. The van der Waals surface area contributed by atoms with Crippen LogP contribution in [0.25, 0.3) is 0 Å². The van der Waals surface area contributed by atoms with Crippen molar-refractivity contribution < 1.29 is 24.6 Å². The Bertz CT molecular complexity index is 401. The standard InChI is InChI=1S/C12H19NO5/c1-7(2)11(3)5-8(14)13(9(11)15)6-12(4,18)10(16)17/h7,18H,5-6H2,1-4H3,(H,16,17). The summed E-state index contributed by atoms with van der Waals surface area (Å²) < 4.78 is 0. The highest BCUT2D eigenvalue weighted by Crippen LogP contribution is 2.39. The maximum atomic E-state index is 12.2. The number of β-amino-alcohol motifs (C(OH)–C–C–N with tert-alkyl or cyclic N) is 1. The largest absolute Gasteiger partial charge is 0.479 e. The summed E-state index contributed by atoms with van der Waals surface area (Å²) in [6.07, 6.45) is 0.0548. The second kappa shape index (κ2) is 4.35. The van der Waals surface area contributed by atoms with Crippen LogP contribution in [0.3, 0.4) is 0 Å². The number of nitrogens with zero attached hydrogens (tertiary/aromatic N) is 1. The fraction of sp³-hybridized carbons (Fsp3) is 0.750. The topological polar surface area (TPSA) is 94.9 Å². The quantitative estimate of drug-likeness (QED) is 0.704. The molecule has 1 heterocycles. The van der Waals surface area contributed by atoms with Gasteiger partial charge in [-0.3, -0.25) is 14.5 Å². The molecule has 1 aliphatic rings. The van der Waals surface area contributed by atoms with Crippen molar-refractivity contribution in [3.05, 3.63) is 0 Å². The van der Waals surface area contributed by atoms with E-state index in [2.05, 4.69) is 0 Å². The molecule has 0 spiro atoms. The number of hydrogen-bond acceptors (Lipinski definition) is 4. The van der Waals surface area contributed by atoms with E-state index < -0.39 is 35.3 Å². The van der Waals surface area contributed by atoms with Crippen LogP contribution in [0.1, 0.15) is 34.1 Å².